The second kappa shape index (κ2) is 6.87. The molecule has 5 rings (SSSR count). The zero-order valence-corrected chi connectivity index (χ0v) is 18.0. The fourth-order valence-electron chi connectivity index (χ4n) is 5.04. The number of methoxy groups -OCH3 is 4. The van der Waals surface area contributed by atoms with Crippen molar-refractivity contribution < 1.29 is 33.2 Å². The SMILES string of the molecule is COc1cc2c(c(OC)c1OC)-c1c(cc3c(c1OC)OCO3)[C@H]1O[C@@H]2[C@@H](C)[C@H]1C. The summed E-state index contributed by atoms with van der Waals surface area (Å²) in [7, 11) is 6.50. The first-order valence-electron chi connectivity index (χ1n) is 10.0. The Morgan fingerprint density at radius 2 is 1.33 bits per heavy atom. The van der Waals surface area contributed by atoms with Crippen molar-refractivity contribution in [2.45, 2.75) is 26.1 Å². The Kier molecular flexibility index (Phi) is 4.39. The Labute approximate surface area is 175 Å². The third kappa shape index (κ3) is 2.35. The zero-order valence-electron chi connectivity index (χ0n) is 18.0. The predicted octanol–water partition coefficient (Wildman–Crippen LogP) is 4.51. The summed E-state index contributed by atoms with van der Waals surface area (Å²) in [4.78, 5) is 0. The zero-order chi connectivity index (χ0) is 21.2. The summed E-state index contributed by atoms with van der Waals surface area (Å²) in [6.45, 7) is 4.60. The molecule has 1 fully saturated rings. The van der Waals surface area contributed by atoms with Crippen LogP contribution in [0, 0.1) is 11.8 Å². The van der Waals surface area contributed by atoms with Gasteiger partial charge in [-0.1, -0.05) is 13.8 Å². The van der Waals surface area contributed by atoms with Crippen LogP contribution in [0.15, 0.2) is 12.1 Å². The number of benzene rings is 2. The van der Waals surface area contributed by atoms with Crippen molar-refractivity contribution in [1.82, 2.24) is 0 Å². The van der Waals surface area contributed by atoms with E-state index < -0.39 is 0 Å². The van der Waals surface area contributed by atoms with Crippen molar-refractivity contribution >= 4 is 0 Å². The Morgan fingerprint density at radius 3 is 1.93 bits per heavy atom. The van der Waals surface area contributed by atoms with Gasteiger partial charge in [-0.15, -0.1) is 0 Å². The lowest BCUT2D eigenvalue weighted by Crippen LogP contribution is -2.15. The molecule has 0 radical (unpaired) electrons. The smallest absolute Gasteiger partial charge is 0.231 e. The van der Waals surface area contributed by atoms with Crippen LogP contribution in [-0.4, -0.2) is 35.2 Å². The van der Waals surface area contributed by atoms with Gasteiger partial charge < -0.3 is 33.2 Å². The first kappa shape index (κ1) is 19.2. The van der Waals surface area contributed by atoms with E-state index in [4.69, 9.17) is 33.2 Å². The van der Waals surface area contributed by atoms with E-state index in [0.717, 1.165) is 22.3 Å². The van der Waals surface area contributed by atoms with E-state index in [1.54, 1.807) is 28.4 Å². The Bertz CT molecular complexity index is 1020. The summed E-state index contributed by atoms with van der Waals surface area (Å²) < 4.78 is 41.2. The minimum Gasteiger partial charge on any atom is -0.493 e. The maximum atomic E-state index is 6.63. The van der Waals surface area contributed by atoms with Crippen LogP contribution in [0.25, 0.3) is 11.1 Å². The Hall–Kier alpha value is -2.80. The molecule has 7 heteroatoms. The standard InChI is InChI=1S/C23H26O7/c1-10-11(2)19-13-8-15-21(29-9-28-15)23(27-6)17(13)16-12(18(10)30-19)7-14(24-3)20(25-4)22(16)26-5/h7-8,10-11,18-19H,9H2,1-6H3/t10-,11+,18+,19-/m0/s1. The topological polar surface area (TPSA) is 64.6 Å². The summed E-state index contributed by atoms with van der Waals surface area (Å²) in [6.07, 6.45) is -0.236. The molecule has 0 saturated carbocycles. The maximum absolute atomic E-state index is 6.63. The largest absolute Gasteiger partial charge is 0.493 e. The number of hydrogen-bond donors (Lipinski definition) is 0. The molecule has 0 amide bonds. The van der Waals surface area contributed by atoms with Crippen molar-refractivity contribution in [3.63, 3.8) is 0 Å². The molecular weight excluding hydrogens is 388 g/mol. The lowest BCUT2D eigenvalue weighted by Gasteiger charge is -2.27. The predicted molar refractivity (Wildman–Crippen MR) is 109 cm³/mol. The number of ether oxygens (including phenoxy) is 7. The average molecular weight is 414 g/mol. The molecule has 2 bridgehead atoms. The Balaban J connectivity index is 1.94. The van der Waals surface area contributed by atoms with Gasteiger partial charge in [-0.3, -0.25) is 0 Å². The van der Waals surface area contributed by atoms with Crippen LogP contribution < -0.4 is 28.4 Å². The molecule has 0 aliphatic carbocycles. The van der Waals surface area contributed by atoms with Crippen LogP contribution in [0.5, 0.6) is 34.5 Å². The first-order chi connectivity index (χ1) is 14.5. The van der Waals surface area contributed by atoms with Crippen LogP contribution in [0.2, 0.25) is 0 Å². The minimum atomic E-state index is -0.123. The van der Waals surface area contributed by atoms with Gasteiger partial charge in [0.1, 0.15) is 0 Å². The van der Waals surface area contributed by atoms with Crippen molar-refractivity contribution in [3.05, 3.63) is 23.3 Å². The summed E-state index contributed by atoms with van der Waals surface area (Å²) in [5.41, 5.74) is 3.76. The van der Waals surface area contributed by atoms with E-state index in [-0.39, 0.29) is 19.0 Å². The maximum Gasteiger partial charge on any atom is 0.231 e. The van der Waals surface area contributed by atoms with Crippen LogP contribution >= 0.6 is 0 Å². The van der Waals surface area contributed by atoms with Gasteiger partial charge in [0.15, 0.2) is 23.0 Å². The lowest BCUT2D eigenvalue weighted by molar-refractivity contribution is 0.0312. The summed E-state index contributed by atoms with van der Waals surface area (Å²) in [6, 6.07) is 4.01. The second-order valence-corrected chi connectivity index (χ2v) is 7.91. The van der Waals surface area contributed by atoms with Gasteiger partial charge in [-0.25, -0.2) is 0 Å². The number of rotatable bonds is 4. The molecule has 3 heterocycles. The summed E-state index contributed by atoms with van der Waals surface area (Å²) in [5, 5.41) is 0. The van der Waals surface area contributed by atoms with Gasteiger partial charge in [-0.2, -0.15) is 0 Å². The lowest BCUT2D eigenvalue weighted by atomic mass is 9.77. The van der Waals surface area contributed by atoms with Gasteiger partial charge in [0.2, 0.25) is 18.3 Å². The highest BCUT2D eigenvalue weighted by atomic mass is 16.7. The van der Waals surface area contributed by atoms with E-state index in [1.165, 1.54) is 0 Å². The molecule has 7 nitrogen and oxygen atoms in total. The third-order valence-corrected chi connectivity index (χ3v) is 6.66. The molecule has 0 N–H and O–H groups in total. The molecule has 3 aliphatic heterocycles. The quantitative estimate of drug-likeness (QED) is 0.729. The van der Waals surface area contributed by atoms with E-state index in [9.17, 15) is 0 Å². The second-order valence-electron chi connectivity index (χ2n) is 7.91. The fraction of sp³-hybridized carbons (Fsp3) is 0.478. The van der Waals surface area contributed by atoms with E-state index in [0.29, 0.717) is 46.3 Å². The van der Waals surface area contributed by atoms with Crippen LogP contribution in [0.1, 0.15) is 37.2 Å². The van der Waals surface area contributed by atoms with Gasteiger partial charge in [0, 0.05) is 11.1 Å². The van der Waals surface area contributed by atoms with Crippen LogP contribution in [-0.2, 0) is 4.74 Å². The number of hydrogen-bond acceptors (Lipinski definition) is 7. The molecule has 160 valence electrons. The van der Waals surface area contributed by atoms with Gasteiger partial charge in [-0.05, 0) is 35.1 Å². The highest BCUT2D eigenvalue weighted by Gasteiger charge is 2.48. The minimum absolute atomic E-state index is 0.113. The fourth-order valence-corrected chi connectivity index (χ4v) is 5.04. The monoisotopic (exact) mass is 414 g/mol. The van der Waals surface area contributed by atoms with E-state index >= 15 is 0 Å². The van der Waals surface area contributed by atoms with Crippen molar-refractivity contribution in [2.24, 2.45) is 11.8 Å². The molecule has 30 heavy (non-hydrogen) atoms. The third-order valence-electron chi connectivity index (χ3n) is 6.66. The molecule has 0 unspecified atom stereocenters. The first-order valence-corrected chi connectivity index (χ1v) is 10.0. The van der Waals surface area contributed by atoms with Gasteiger partial charge in [0.05, 0.1) is 40.6 Å². The Morgan fingerprint density at radius 1 is 0.733 bits per heavy atom. The highest BCUT2D eigenvalue weighted by Crippen LogP contribution is 2.64. The molecule has 4 atom stereocenters. The van der Waals surface area contributed by atoms with Crippen LogP contribution in [0.4, 0.5) is 0 Å². The summed E-state index contributed by atoms with van der Waals surface area (Å²) in [5.74, 6) is 4.18. The highest BCUT2D eigenvalue weighted by molar-refractivity contribution is 5.89. The van der Waals surface area contributed by atoms with Crippen molar-refractivity contribution in [3.8, 4) is 45.6 Å². The molecular formula is C23H26O7. The average Bonchev–Trinajstić information content (AvgIpc) is 3.31. The van der Waals surface area contributed by atoms with E-state index in [2.05, 4.69) is 13.8 Å². The van der Waals surface area contributed by atoms with Gasteiger partial charge >= 0.3 is 0 Å². The summed E-state index contributed by atoms with van der Waals surface area (Å²) >= 11 is 0. The van der Waals surface area contributed by atoms with Crippen molar-refractivity contribution in [2.75, 3.05) is 35.2 Å². The van der Waals surface area contributed by atoms with Crippen LogP contribution in [0.3, 0.4) is 0 Å². The molecule has 3 aliphatic rings. The molecule has 0 aromatic heterocycles. The number of fused-ring (bicyclic) bond motifs is 8. The van der Waals surface area contributed by atoms with E-state index in [1.807, 2.05) is 12.1 Å². The van der Waals surface area contributed by atoms with Crippen molar-refractivity contribution in [1.29, 1.82) is 0 Å². The normalized spacial score (nSPS) is 25.3. The van der Waals surface area contributed by atoms with Gasteiger partial charge in [0.25, 0.3) is 0 Å². The molecule has 2 aromatic rings. The molecule has 0 spiro atoms. The molecule has 1 saturated heterocycles. The molecule has 2 aromatic carbocycles.